The zero-order valence-electron chi connectivity index (χ0n) is 52.0. The summed E-state index contributed by atoms with van der Waals surface area (Å²) in [6.07, 6.45) is 51.7. The molecule has 5 aliphatic carbocycles. The molecule has 0 saturated heterocycles. The fourth-order valence-electron chi connectivity index (χ4n) is 15.1. The van der Waals surface area contributed by atoms with E-state index in [2.05, 4.69) is 340 Å². The minimum atomic E-state index is 0.0315. The summed E-state index contributed by atoms with van der Waals surface area (Å²) in [6, 6.07) is 62.7. The molecule has 3 unspecified atom stereocenters. The van der Waals surface area contributed by atoms with Gasteiger partial charge in [0.05, 0.1) is 17.6 Å². The smallest absolute Gasteiger partial charge is 0.0623 e. The topological polar surface area (TPSA) is 36.9 Å². The van der Waals surface area contributed by atoms with Crippen LogP contribution in [0.25, 0.3) is 50.8 Å². The molecular weight excluding hydrogens is 1120 g/mol. The van der Waals surface area contributed by atoms with Crippen molar-refractivity contribution in [3.63, 3.8) is 0 Å². The number of benzene rings is 7. The standard InChI is InChI=1S/C85H73N7/c1-4-22-63(54-56-89-82-34-16-10-28-72(82)73-29-11-17-35-83(73)89)90(65-44-40-62(41-45-65)88-55-21-20-23-59(2)70-26-8-15-33-81(70)88)68-50-52-78-76(57-68)77-58-69(51-53-79(77)86-78)91(64-42-38-61(39-43-64)87(3)80-32-14-9-27-71(80)60-24-6-5-7-25-60)66-46-48-67(49-47-66)92-84-36-18-12-30-74(84)75-31-13-19-37-85(75)92/h4-7,9-12,14-25,27-30,32-46,48-49,51,53-58,66,72,82,86H,1-2,8,13,26,31,47,50,52H2,3H3/b23-20-,55-21-,56-54-,63-22+. The molecule has 0 amide bonds. The number of aryl methyl sites for hydroxylation is 2. The van der Waals surface area contributed by atoms with Crippen molar-refractivity contribution in [2.24, 2.45) is 0 Å². The summed E-state index contributed by atoms with van der Waals surface area (Å²) >= 11 is 0. The molecular formula is C85H73N7. The van der Waals surface area contributed by atoms with Gasteiger partial charge < -0.3 is 34.1 Å². The van der Waals surface area contributed by atoms with Crippen LogP contribution in [0.4, 0.5) is 39.8 Å². The van der Waals surface area contributed by atoms with Crippen LogP contribution >= 0.6 is 0 Å². The normalized spacial score (nSPS) is 19.5. The molecule has 1 N–H and O–H groups in total. The van der Waals surface area contributed by atoms with Crippen LogP contribution in [0.15, 0.2) is 321 Å². The van der Waals surface area contributed by atoms with Crippen molar-refractivity contribution >= 4 is 79.5 Å². The number of para-hydroxylation sites is 3. The maximum Gasteiger partial charge on any atom is 0.0623 e. The molecule has 7 heteroatoms. The molecule has 2 aliphatic heterocycles. The number of nitrogens with one attached hydrogen (secondary N) is 1. The van der Waals surface area contributed by atoms with Gasteiger partial charge in [-0.1, -0.05) is 165 Å². The first kappa shape index (κ1) is 56.2. The first-order valence-corrected chi connectivity index (χ1v) is 32.6. The Balaban J connectivity index is 0.793. The summed E-state index contributed by atoms with van der Waals surface area (Å²) in [5, 5.41) is 2.55. The van der Waals surface area contributed by atoms with Crippen molar-refractivity contribution in [1.29, 1.82) is 0 Å². The Bertz CT molecular complexity index is 4810. The first-order chi connectivity index (χ1) is 45.4. The van der Waals surface area contributed by atoms with Crippen LogP contribution in [-0.4, -0.2) is 28.7 Å². The lowest BCUT2D eigenvalue weighted by Gasteiger charge is -2.34. The van der Waals surface area contributed by atoms with Crippen molar-refractivity contribution in [3.05, 3.63) is 349 Å². The number of fused-ring (bicyclic) bond motifs is 9. The summed E-state index contributed by atoms with van der Waals surface area (Å²) in [5.74, 6) is 0.281. The Morgan fingerprint density at radius 2 is 1.43 bits per heavy atom. The highest BCUT2D eigenvalue weighted by Crippen LogP contribution is 2.46. The third kappa shape index (κ3) is 10.1. The lowest BCUT2D eigenvalue weighted by atomic mass is 9.92. The summed E-state index contributed by atoms with van der Waals surface area (Å²) in [5.41, 5.74) is 26.2. The zero-order chi connectivity index (χ0) is 61.7. The predicted molar refractivity (Wildman–Crippen MR) is 390 cm³/mol. The fraction of sp³-hybridized carbons (Fsp3) is 0.129. The molecule has 0 spiro atoms. The minimum absolute atomic E-state index is 0.0315. The molecule has 92 heavy (non-hydrogen) atoms. The fourth-order valence-corrected chi connectivity index (χ4v) is 15.1. The van der Waals surface area contributed by atoms with Gasteiger partial charge in [-0.15, -0.1) is 0 Å². The second-order valence-electron chi connectivity index (χ2n) is 24.8. The molecule has 0 saturated carbocycles. The van der Waals surface area contributed by atoms with E-state index in [9.17, 15) is 0 Å². The van der Waals surface area contributed by atoms with Crippen LogP contribution in [0.3, 0.4) is 0 Å². The highest BCUT2D eigenvalue weighted by atomic mass is 15.2. The molecule has 7 nitrogen and oxygen atoms in total. The Morgan fingerprint density at radius 3 is 2.30 bits per heavy atom. The highest BCUT2D eigenvalue weighted by Gasteiger charge is 2.36. The maximum atomic E-state index is 4.47. The van der Waals surface area contributed by atoms with Crippen molar-refractivity contribution < 1.29 is 0 Å². The molecule has 0 fully saturated rings. The number of hydrogen-bond acceptors (Lipinski definition) is 5. The average Bonchev–Trinajstić information content (AvgIpc) is 1.63. The van der Waals surface area contributed by atoms with Crippen LogP contribution in [0.1, 0.15) is 66.1 Å². The van der Waals surface area contributed by atoms with Crippen molar-refractivity contribution in [1.82, 2.24) is 9.55 Å². The number of H-pyrrole nitrogens is 1. The number of aromatic amines is 1. The van der Waals surface area contributed by atoms with E-state index >= 15 is 0 Å². The lowest BCUT2D eigenvalue weighted by Crippen LogP contribution is -2.30. The van der Waals surface area contributed by atoms with Gasteiger partial charge >= 0.3 is 0 Å². The van der Waals surface area contributed by atoms with Gasteiger partial charge in [0.2, 0.25) is 0 Å². The summed E-state index contributed by atoms with van der Waals surface area (Å²) in [6.45, 7) is 8.81. The molecule has 7 aromatic carbocycles. The third-order valence-corrected chi connectivity index (χ3v) is 19.6. The van der Waals surface area contributed by atoms with Crippen LogP contribution in [0, 0.1) is 0 Å². The summed E-state index contributed by atoms with van der Waals surface area (Å²) in [4.78, 5) is 16.0. The van der Waals surface area contributed by atoms with Crippen LogP contribution in [0.5, 0.6) is 0 Å². The van der Waals surface area contributed by atoms with E-state index in [4.69, 9.17) is 0 Å². The second kappa shape index (κ2) is 24.1. The van der Waals surface area contributed by atoms with E-state index < -0.39 is 0 Å². The summed E-state index contributed by atoms with van der Waals surface area (Å²) in [7, 11) is 2.18. The summed E-state index contributed by atoms with van der Waals surface area (Å²) < 4.78 is 2.48. The molecule has 7 aliphatic rings. The number of anilines is 7. The molecule has 9 aromatic rings. The highest BCUT2D eigenvalue weighted by molar-refractivity contribution is 5.96. The molecule has 3 atom stereocenters. The molecule has 0 bridgehead atoms. The van der Waals surface area contributed by atoms with E-state index in [1.807, 2.05) is 6.08 Å². The molecule has 448 valence electrons. The van der Waals surface area contributed by atoms with Gasteiger partial charge in [-0.05, 0) is 200 Å². The van der Waals surface area contributed by atoms with E-state index in [0.717, 1.165) is 95.9 Å². The number of hydrogen-bond donors (Lipinski definition) is 1. The van der Waals surface area contributed by atoms with Crippen molar-refractivity contribution in [2.75, 3.05) is 31.5 Å². The van der Waals surface area contributed by atoms with Crippen LogP contribution in [-0.2, 0) is 12.8 Å². The quantitative estimate of drug-likeness (QED) is 0.110. The molecule has 2 aromatic heterocycles. The first-order valence-electron chi connectivity index (χ1n) is 32.6. The van der Waals surface area contributed by atoms with E-state index in [-0.39, 0.29) is 18.0 Å². The predicted octanol–water partition coefficient (Wildman–Crippen LogP) is 21.1. The van der Waals surface area contributed by atoms with Gasteiger partial charge in [0.25, 0.3) is 0 Å². The van der Waals surface area contributed by atoms with Crippen LogP contribution in [0.2, 0.25) is 0 Å². The largest absolute Gasteiger partial charge is 0.358 e. The van der Waals surface area contributed by atoms with E-state index in [1.54, 1.807) is 0 Å². The SMILES string of the molecule is C=C/C=C(\C=C/N1c2ccccc2C2C=CC=CC21)N(C1=Cc2c([nH]c3ccc(N(c4ccc(N(C)c5ccccc5-c5ccccc5)cc4)C4C=CC(n5c6c(c7ccccc75)CCC=C6)=CC4)cc23)CC1)c1ccc(N2/C=C\C=C/C(=C)C3=C2C=CCC3)cc1. The Morgan fingerprint density at radius 1 is 0.663 bits per heavy atom. The third-order valence-electron chi connectivity index (χ3n) is 19.6. The zero-order valence-corrected chi connectivity index (χ0v) is 52.0. The second-order valence-corrected chi connectivity index (χ2v) is 24.8. The monoisotopic (exact) mass is 1190 g/mol. The van der Waals surface area contributed by atoms with Gasteiger partial charge in [0, 0.05) is 127 Å². The van der Waals surface area contributed by atoms with E-state index in [1.165, 1.54) is 83.8 Å². The van der Waals surface area contributed by atoms with Crippen molar-refractivity contribution in [3.8, 4) is 11.1 Å². The Kier molecular flexibility index (Phi) is 14.7. The van der Waals surface area contributed by atoms with Gasteiger partial charge in [-0.2, -0.15) is 0 Å². The molecule has 4 heterocycles. The Labute approximate surface area is 540 Å². The molecule has 0 radical (unpaired) electrons. The minimum Gasteiger partial charge on any atom is -0.358 e. The van der Waals surface area contributed by atoms with Crippen molar-refractivity contribution in [2.45, 2.75) is 62.9 Å². The van der Waals surface area contributed by atoms with Gasteiger partial charge in [0.1, 0.15) is 0 Å². The number of allylic oxidation sites excluding steroid dienone is 16. The maximum absolute atomic E-state index is 4.47. The number of rotatable bonds is 14. The Hall–Kier alpha value is -11.0. The van der Waals surface area contributed by atoms with Gasteiger partial charge in [0.15, 0.2) is 0 Å². The van der Waals surface area contributed by atoms with Gasteiger partial charge in [-0.25, -0.2) is 0 Å². The number of aromatic nitrogens is 2. The number of nitrogens with zero attached hydrogens (tertiary/aromatic N) is 6. The van der Waals surface area contributed by atoms with Crippen LogP contribution < -0.4 is 24.5 Å². The lowest BCUT2D eigenvalue weighted by molar-refractivity contribution is 0.740. The van der Waals surface area contributed by atoms with E-state index in [0.29, 0.717) is 0 Å². The average molecular weight is 1190 g/mol. The molecule has 16 rings (SSSR count). The van der Waals surface area contributed by atoms with Gasteiger partial charge in [-0.3, -0.25) is 0 Å².